The van der Waals surface area contributed by atoms with Gasteiger partial charge in [-0.15, -0.1) is 12.4 Å². The number of hydrogen-bond donors (Lipinski definition) is 3. The molecule has 0 unspecified atom stereocenters. The molecule has 0 aromatic heterocycles. The van der Waals surface area contributed by atoms with Crippen molar-refractivity contribution in [2.75, 3.05) is 19.7 Å². The van der Waals surface area contributed by atoms with Gasteiger partial charge < -0.3 is 21.1 Å². The minimum absolute atomic E-state index is 0. The predicted molar refractivity (Wildman–Crippen MR) is 90.6 cm³/mol. The van der Waals surface area contributed by atoms with E-state index in [0.29, 0.717) is 12.5 Å². The summed E-state index contributed by atoms with van der Waals surface area (Å²) >= 11 is 0. The number of benzene rings is 1. The molecule has 1 aromatic carbocycles. The summed E-state index contributed by atoms with van der Waals surface area (Å²) in [5.74, 6) is 0.891. The van der Waals surface area contributed by atoms with E-state index < -0.39 is 0 Å². The fourth-order valence-electron chi connectivity index (χ4n) is 1.94. The van der Waals surface area contributed by atoms with Crippen LogP contribution in [0.1, 0.15) is 24.0 Å². The molecule has 1 aliphatic rings. The Morgan fingerprint density at radius 1 is 1.26 bits per heavy atom. The molecule has 0 bridgehead atoms. The van der Waals surface area contributed by atoms with Crippen LogP contribution in [0.5, 0.6) is 5.75 Å². The summed E-state index contributed by atoms with van der Waals surface area (Å²) in [4.78, 5) is 22.7. The van der Waals surface area contributed by atoms with Gasteiger partial charge in [0.2, 0.25) is 11.8 Å². The molecule has 0 heterocycles. The summed E-state index contributed by atoms with van der Waals surface area (Å²) in [7, 11) is 0. The summed E-state index contributed by atoms with van der Waals surface area (Å²) in [6.07, 6.45) is 2.47. The third-order valence-electron chi connectivity index (χ3n) is 3.50. The van der Waals surface area contributed by atoms with Crippen molar-refractivity contribution in [3.8, 4) is 5.75 Å². The molecule has 128 valence electrons. The minimum Gasteiger partial charge on any atom is -0.493 e. The van der Waals surface area contributed by atoms with Gasteiger partial charge in [-0.2, -0.15) is 0 Å². The zero-order valence-electron chi connectivity index (χ0n) is 13.3. The molecule has 6 nitrogen and oxygen atoms in total. The smallest absolute Gasteiger partial charge is 0.239 e. The highest BCUT2D eigenvalue weighted by atomic mass is 35.5. The Bertz CT molecular complexity index is 547. The van der Waals surface area contributed by atoms with E-state index in [1.807, 2.05) is 25.1 Å². The average molecular weight is 342 g/mol. The van der Waals surface area contributed by atoms with Crippen LogP contribution in [0, 0.1) is 12.8 Å². The molecule has 0 spiro atoms. The van der Waals surface area contributed by atoms with Crippen molar-refractivity contribution in [1.82, 2.24) is 10.6 Å². The number of aryl methyl sites for hydroxylation is 1. The number of carbonyl (C=O) groups is 2. The number of carbonyl (C=O) groups excluding carboxylic acids is 2. The second-order valence-corrected chi connectivity index (χ2v) is 5.62. The van der Waals surface area contributed by atoms with E-state index in [1.54, 1.807) is 0 Å². The van der Waals surface area contributed by atoms with Crippen LogP contribution < -0.4 is 21.1 Å². The number of nitrogens with one attached hydrogen (secondary N) is 2. The Kier molecular flexibility index (Phi) is 7.85. The monoisotopic (exact) mass is 341 g/mol. The molecule has 0 aliphatic heterocycles. The molecule has 1 aliphatic carbocycles. The van der Waals surface area contributed by atoms with Crippen LogP contribution in [0.3, 0.4) is 0 Å². The molecule has 4 N–H and O–H groups in total. The SMILES string of the molecule is Cc1ccc(CNC(=O)CNC(=O)CN)c(OCC2CC2)c1.Cl. The first-order valence-electron chi connectivity index (χ1n) is 7.54. The second kappa shape index (κ2) is 9.37. The molecule has 0 radical (unpaired) electrons. The quantitative estimate of drug-likeness (QED) is 0.655. The molecule has 23 heavy (non-hydrogen) atoms. The van der Waals surface area contributed by atoms with Crippen molar-refractivity contribution in [3.63, 3.8) is 0 Å². The maximum absolute atomic E-state index is 11.7. The first-order valence-corrected chi connectivity index (χ1v) is 7.54. The Hall–Kier alpha value is -1.79. The maximum Gasteiger partial charge on any atom is 0.239 e. The lowest BCUT2D eigenvalue weighted by atomic mass is 10.1. The summed E-state index contributed by atoms with van der Waals surface area (Å²) in [5.41, 5.74) is 7.22. The fourth-order valence-corrected chi connectivity index (χ4v) is 1.94. The molecule has 0 saturated heterocycles. The Morgan fingerprint density at radius 2 is 2.00 bits per heavy atom. The Balaban J connectivity index is 0.00000264. The fraction of sp³-hybridized carbons (Fsp3) is 0.500. The van der Waals surface area contributed by atoms with Crippen LogP contribution in [0.4, 0.5) is 0 Å². The maximum atomic E-state index is 11.7. The molecule has 2 rings (SSSR count). The highest BCUT2D eigenvalue weighted by Gasteiger charge is 2.22. The second-order valence-electron chi connectivity index (χ2n) is 5.62. The number of halogens is 1. The van der Waals surface area contributed by atoms with Crippen LogP contribution in [0.15, 0.2) is 18.2 Å². The standard InChI is InChI=1S/C16H23N3O3.ClH/c1-11-2-5-13(14(6-11)22-10-12-3-4-12)8-18-16(21)9-19-15(20)7-17;/h2,5-6,12H,3-4,7-10,17H2,1H3,(H,18,21)(H,19,20);1H. The molecule has 7 heteroatoms. The molecule has 1 saturated carbocycles. The van der Waals surface area contributed by atoms with E-state index in [-0.39, 0.29) is 37.3 Å². The van der Waals surface area contributed by atoms with Crippen LogP contribution in [-0.2, 0) is 16.1 Å². The zero-order chi connectivity index (χ0) is 15.9. The Morgan fingerprint density at radius 3 is 2.65 bits per heavy atom. The van der Waals surface area contributed by atoms with Gasteiger partial charge in [0, 0.05) is 12.1 Å². The van der Waals surface area contributed by atoms with Gasteiger partial charge in [-0.25, -0.2) is 0 Å². The number of ether oxygens (including phenoxy) is 1. The van der Waals surface area contributed by atoms with Gasteiger partial charge in [0.15, 0.2) is 0 Å². The lowest BCUT2D eigenvalue weighted by Gasteiger charge is -2.13. The normalized spacial score (nSPS) is 13.0. The average Bonchev–Trinajstić information content (AvgIpc) is 3.33. The first kappa shape index (κ1) is 19.3. The predicted octanol–water partition coefficient (Wildman–Crippen LogP) is 0.897. The van der Waals surface area contributed by atoms with Gasteiger partial charge in [0.05, 0.1) is 19.7 Å². The van der Waals surface area contributed by atoms with Crippen LogP contribution in [0.25, 0.3) is 0 Å². The number of rotatable bonds is 8. The van der Waals surface area contributed by atoms with Gasteiger partial charge in [0.25, 0.3) is 0 Å². The number of nitrogens with two attached hydrogens (primary N) is 1. The lowest BCUT2D eigenvalue weighted by Crippen LogP contribution is -2.39. The van der Waals surface area contributed by atoms with E-state index in [9.17, 15) is 9.59 Å². The van der Waals surface area contributed by atoms with E-state index in [1.165, 1.54) is 12.8 Å². The highest BCUT2D eigenvalue weighted by Crippen LogP contribution is 2.30. The summed E-state index contributed by atoms with van der Waals surface area (Å²) < 4.78 is 5.85. The van der Waals surface area contributed by atoms with Gasteiger partial charge in [-0.1, -0.05) is 12.1 Å². The van der Waals surface area contributed by atoms with E-state index in [0.717, 1.165) is 23.5 Å². The molecule has 2 amide bonds. The van der Waals surface area contributed by atoms with Crippen molar-refractivity contribution in [3.05, 3.63) is 29.3 Å². The van der Waals surface area contributed by atoms with Crippen molar-refractivity contribution >= 4 is 24.2 Å². The third kappa shape index (κ3) is 6.88. The first-order chi connectivity index (χ1) is 10.6. The van der Waals surface area contributed by atoms with Crippen molar-refractivity contribution in [2.45, 2.75) is 26.3 Å². The van der Waals surface area contributed by atoms with Crippen molar-refractivity contribution in [2.24, 2.45) is 11.7 Å². The van der Waals surface area contributed by atoms with Crippen LogP contribution >= 0.6 is 12.4 Å². The van der Waals surface area contributed by atoms with E-state index >= 15 is 0 Å². The van der Waals surface area contributed by atoms with Gasteiger partial charge in [0.1, 0.15) is 5.75 Å². The van der Waals surface area contributed by atoms with Gasteiger partial charge in [-0.3, -0.25) is 9.59 Å². The molecule has 0 atom stereocenters. The summed E-state index contributed by atoms with van der Waals surface area (Å²) in [6.45, 7) is 2.92. The lowest BCUT2D eigenvalue weighted by molar-refractivity contribution is -0.125. The minimum atomic E-state index is -0.348. The largest absolute Gasteiger partial charge is 0.493 e. The summed E-state index contributed by atoms with van der Waals surface area (Å²) in [6, 6.07) is 5.93. The molecule has 1 fully saturated rings. The topological polar surface area (TPSA) is 93.5 Å². The number of amides is 2. The molecular formula is C16H24ClN3O3. The molecular weight excluding hydrogens is 318 g/mol. The van der Waals surface area contributed by atoms with Crippen LogP contribution in [-0.4, -0.2) is 31.5 Å². The van der Waals surface area contributed by atoms with Gasteiger partial charge >= 0.3 is 0 Å². The molecule has 1 aromatic rings. The number of hydrogen-bond acceptors (Lipinski definition) is 4. The zero-order valence-corrected chi connectivity index (χ0v) is 14.1. The summed E-state index contributed by atoms with van der Waals surface area (Å²) in [5, 5.41) is 5.20. The van der Waals surface area contributed by atoms with E-state index in [4.69, 9.17) is 10.5 Å². The van der Waals surface area contributed by atoms with Crippen LogP contribution in [0.2, 0.25) is 0 Å². The van der Waals surface area contributed by atoms with Crippen molar-refractivity contribution in [1.29, 1.82) is 0 Å². The third-order valence-corrected chi connectivity index (χ3v) is 3.50. The Labute approximate surface area is 142 Å². The van der Waals surface area contributed by atoms with Crippen molar-refractivity contribution < 1.29 is 14.3 Å². The van der Waals surface area contributed by atoms with E-state index in [2.05, 4.69) is 10.6 Å². The highest BCUT2D eigenvalue weighted by molar-refractivity contribution is 5.85. The van der Waals surface area contributed by atoms with Gasteiger partial charge in [-0.05, 0) is 37.3 Å².